The molecule has 0 aliphatic carbocycles. The SMILES string of the molecule is C=NN(CC(=O)Nc1ccc(C(F)(F)F)cc1Cl)C(=O)/C(=C(/CC)NN(C)CC1=CCOCC1)N1CCN(C(=O)c2ccnc3cc[nH]c23)CC1. The summed E-state index contributed by atoms with van der Waals surface area (Å²) in [6.07, 6.45) is 1.89. The van der Waals surface area contributed by atoms with E-state index in [4.69, 9.17) is 16.3 Å². The minimum absolute atomic E-state index is 0.0616. The highest BCUT2D eigenvalue weighted by Crippen LogP contribution is 2.34. The van der Waals surface area contributed by atoms with E-state index in [0.29, 0.717) is 80.7 Å². The normalized spacial score (nSPS) is 15.7. The van der Waals surface area contributed by atoms with Crippen molar-refractivity contribution < 1.29 is 32.3 Å². The number of pyridine rings is 1. The Hall–Kier alpha value is -4.93. The first kappa shape index (κ1) is 37.3. The number of anilines is 1. The lowest BCUT2D eigenvalue weighted by Crippen LogP contribution is -2.52. The molecule has 0 unspecified atom stereocenters. The van der Waals surface area contributed by atoms with Crippen LogP contribution in [0.4, 0.5) is 18.9 Å². The van der Waals surface area contributed by atoms with E-state index >= 15 is 0 Å². The Labute approximate surface area is 297 Å². The van der Waals surface area contributed by atoms with Crippen LogP contribution in [-0.4, -0.2) is 114 Å². The summed E-state index contributed by atoms with van der Waals surface area (Å²) < 4.78 is 44.8. The van der Waals surface area contributed by atoms with E-state index in [1.807, 2.05) is 30.0 Å². The molecule has 0 bridgehead atoms. The van der Waals surface area contributed by atoms with E-state index in [1.54, 1.807) is 29.4 Å². The summed E-state index contributed by atoms with van der Waals surface area (Å²) in [6, 6.07) is 6.00. The number of fused-ring (bicyclic) bond motifs is 1. The van der Waals surface area contributed by atoms with Crippen molar-refractivity contribution in [3.63, 3.8) is 0 Å². The van der Waals surface area contributed by atoms with Crippen molar-refractivity contribution in [1.82, 2.24) is 35.2 Å². The molecule has 3 aromatic rings. The molecule has 0 saturated carbocycles. The molecule has 1 fully saturated rings. The number of nitrogens with zero attached hydrogens (tertiary/aromatic N) is 6. The molecule has 3 N–H and O–H groups in total. The molecular weight excluding hydrogens is 691 g/mol. The largest absolute Gasteiger partial charge is 0.416 e. The molecule has 0 atom stereocenters. The van der Waals surface area contributed by atoms with Gasteiger partial charge in [0.15, 0.2) is 0 Å². The highest BCUT2D eigenvalue weighted by molar-refractivity contribution is 6.33. The van der Waals surface area contributed by atoms with Crippen LogP contribution in [0.2, 0.25) is 5.02 Å². The van der Waals surface area contributed by atoms with Crippen LogP contribution in [0, 0.1) is 0 Å². The van der Waals surface area contributed by atoms with E-state index in [2.05, 4.69) is 32.5 Å². The van der Waals surface area contributed by atoms with E-state index in [-0.39, 0.29) is 22.3 Å². The third kappa shape index (κ3) is 9.06. The number of carbonyl (C=O) groups is 3. The van der Waals surface area contributed by atoms with Gasteiger partial charge >= 0.3 is 6.18 Å². The number of carbonyl (C=O) groups excluding carboxylic acids is 3. The third-order valence-corrected chi connectivity index (χ3v) is 8.81. The third-order valence-electron chi connectivity index (χ3n) is 8.50. The number of aromatic amines is 1. The van der Waals surface area contributed by atoms with Gasteiger partial charge in [-0.15, -0.1) is 0 Å². The number of hydrogen-bond acceptors (Lipinski definition) is 9. The smallest absolute Gasteiger partial charge is 0.377 e. The molecule has 0 radical (unpaired) electrons. The number of nitrogens with one attached hydrogen (secondary N) is 3. The highest BCUT2D eigenvalue weighted by atomic mass is 35.5. The quantitative estimate of drug-likeness (QED) is 0.107. The molecule has 1 aromatic carbocycles. The van der Waals surface area contributed by atoms with Crippen LogP contribution in [0.25, 0.3) is 11.0 Å². The Kier molecular flexibility index (Phi) is 12.0. The number of ether oxygens (including phenoxy) is 1. The first-order valence-corrected chi connectivity index (χ1v) is 16.6. The van der Waals surface area contributed by atoms with E-state index in [1.165, 1.54) is 5.57 Å². The number of aromatic nitrogens is 2. The number of amides is 3. The first-order valence-electron chi connectivity index (χ1n) is 16.3. The Morgan fingerprint density at radius 2 is 1.88 bits per heavy atom. The fraction of sp³-hybridized carbons (Fsp3) is 0.382. The Morgan fingerprint density at radius 1 is 1.14 bits per heavy atom. The van der Waals surface area contributed by atoms with Crippen LogP contribution in [0.3, 0.4) is 0 Å². The number of alkyl halides is 3. The minimum Gasteiger partial charge on any atom is -0.377 e. The highest BCUT2D eigenvalue weighted by Gasteiger charge is 2.33. The van der Waals surface area contributed by atoms with Gasteiger partial charge in [0.2, 0.25) is 5.91 Å². The van der Waals surface area contributed by atoms with Gasteiger partial charge in [-0.1, -0.05) is 30.2 Å². The maximum Gasteiger partial charge on any atom is 0.416 e. The number of H-pyrrole nitrogens is 1. The fourth-order valence-corrected chi connectivity index (χ4v) is 6.13. The molecule has 3 amide bonds. The molecule has 1 saturated heterocycles. The van der Waals surface area contributed by atoms with Gasteiger partial charge in [-0.3, -0.25) is 19.4 Å². The molecule has 5 rings (SSSR count). The van der Waals surface area contributed by atoms with Crippen molar-refractivity contribution in [2.45, 2.75) is 25.9 Å². The molecule has 2 aliphatic rings. The summed E-state index contributed by atoms with van der Waals surface area (Å²) in [4.78, 5) is 51.9. The topological polar surface area (TPSA) is 138 Å². The fourth-order valence-electron chi connectivity index (χ4n) is 5.91. The van der Waals surface area contributed by atoms with Gasteiger partial charge in [-0.25, -0.2) is 10.0 Å². The molecule has 272 valence electrons. The second-order valence-corrected chi connectivity index (χ2v) is 12.4. The summed E-state index contributed by atoms with van der Waals surface area (Å²) in [6.45, 7) is 7.69. The molecule has 2 aromatic heterocycles. The Balaban J connectivity index is 1.36. The van der Waals surface area contributed by atoms with Gasteiger partial charge in [0.25, 0.3) is 11.8 Å². The second-order valence-electron chi connectivity index (χ2n) is 12.0. The molecule has 2 aliphatic heterocycles. The van der Waals surface area contributed by atoms with Crippen LogP contribution < -0.4 is 10.7 Å². The Morgan fingerprint density at radius 3 is 2.53 bits per heavy atom. The number of hydrazone groups is 1. The van der Waals surface area contributed by atoms with Crippen LogP contribution >= 0.6 is 11.6 Å². The van der Waals surface area contributed by atoms with Gasteiger partial charge in [0.05, 0.1) is 51.8 Å². The molecule has 51 heavy (non-hydrogen) atoms. The zero-order valence-corrected chi connectivity index (χ0v) is 29.0. The summed E-state index contributed by atoms with van der Waals surface area (Å²) in [5.41, 5.74) is 6.09. The minimum atomic E-state index is -4.61. The first-order chi connectivity index (χ1) is 24.4. The van der Waals surface area contributed by atoms with Gasteiger partial charge in [-0.05, 0) is 43.2 Å². The van der Waals surface area contributed by atoms with Crippen LogP contribution in [0.15, 0.2) is 70.9 Å². The average molecular weight is 730 g/mol. The number of hydrazine groups is 1. The van der Waals surface area contributed by atoms with Gasteiger partial charge in [0.1, 0.15) is 12.2 Å². The second kappa shape index (κ2) is 16.4. The zero-order valence-electron chi connectivity index (χ0n) is 28.2. The van der Waals surface area contributed by atoms with E-state index < -0.39 is 30.1 Å². The number of rotatable bonds is 12. The van der Waals surface area contributed by atoms with Crippen molar-refractivity contribution in [1.29, 1.82) is 0 Å². The van der Waals surface area contributed by atoms with Crippen molar-refractivity contribution >= 4 is 52.8 Å². The van der Waals surface area contributed by atoms with Gasteiger partial charge in [-0.2, -0.15) is 18.3 Å². The Bertz CT molecular complexity index is 1840. The number of benzene rings is 1. The van der Waals surface area contributed by atoms with Crippen molar-refractivity contribution in [2.75, 3.05) is 64.8 Å². The lowest BCUT2D eigenvalue weighted by molar-refractivity contribution is -0.137. The van der Waals surface area contributed by atoms with E-state index in [9.17, 15) is 27.6 Å². The maximum atomic E-state index is 14.3. The summed E-state index contributed by atoms with van der Waals surface area (Å²) >= 11 is 6.04. The van der Waals surface area contributed by atoms with Crippen molar-refractivity contribution in [3.8, 4) is 0 Å². The predicted molar refractivity (Wildman–Crippen MR) is 187 cm³/mol. The van der Waals surface area contributed by atoms with Crippen LogP contribution in [-0.2, 0) is 20.5 Å². The summed E-state index contributed by atoms with van der Waals surface area (Å²) in [7, 11) is 1.85. The number of hydrogen-bond donors (Lipinski definition) is 3. The zero-order chi connectivity index (χ0) is 36.7. The molecule has 0 spiro atoms. The van der Waals surface area contributed by atoms with Crippen molar-refractivity contribution in [3.05, 3.63) is 81.9 Å². The monoisotopic (exact) mass is 729 g/mol. The number of allylic oxidation sites excluding steroid dienone is 1. The predicted octanol–water partition coefficient (Wildman–Crippen LogP) is 4.48. The summed E-state index contributed by atoms with van der Waals surface area (Å²) in [5.74, 6) is -1.56. The number of piperazine rings is 1. The van der Waals surface area contributed by atoms with Crippen LogP contribution in [0.1, 0.15) is 35.7 Å². The summed E-state index contributed by atoms with van der Waals surface area (Å²) in [5, 5.41) is 8.72. The molecule has 13 nitrogen and oxygen atoms in total. The number of halogens is 4. The van der Waals surface area contributed by atoms with Gasteiger partial charge in [0, 0.05) is 58.9 Å². The van der Waals surface area contributed by atoms with Crippen LogP contribution in [0.5, 0.6) is 0 Å². The molecule has 4 heterocycles. The van der Waals surface area contributed by atoms with Gasteiger partial charge < -0.3 is 30.3 Å². The maximum absolute atomic E-state index is 14.3. The lowest BCUT2D eigenvalue weighted by Gasteiger charge is -2.39. The standard InChI is InChI=1S/C34H39ClF3N9O4/c1-4-26(43-44(3)20-22-9-17-51-18-10-22)31(45-13-15-46(16-14-45)32(49)24-7-11-40-28-8-12-41-30(24)28)33(50)47(39-2)21-29(48)42-27-6-5-23(19-25(27)35)34(36,37)38/h5-9,11-12,19,41,43H,2,4,10,13-18,20-21H2,1,3H3,(H,42,48)/b31-26+. The average Bonchev–Trinajstić information content (AvgIpc) is 3.60. The number of likely N-dealkylation sites (N-methyl/N-ethyl adjacent to an activating group) is 1. The van der Waals surface area contributed by atoms with Crippen molar-refractivity contribution in [2.24, 2.45) is 5.10 Å². The molecule has 17 heteroatoms. The molecular formula is C34H39ClF3N9O4. The lowest BCUT2D eigenvalue weighted by atomic mass is 10.1. The van der Waals surface area contributed by atoms with E-state index in [0.717, 1.165) is 23.6 Å².